The SMILES string of the molecule is COc1cccc(-c2nc3c(C(C)C)[nH]nc3c(=O)[nH]2)c1. The Morgan fingerprint density at radius 1 is 1.24 bits per heavy atom. The molecule has 3 rings (SSSR count). The maximum atomic E-state index is 12.2. The Kier molecular flexibility index (Phi) is 3.21. The molecule has 0 amide bonds. The molecule has 6 nitrogen and oxygen atoms in total. The number of H-pyrrole nitrogens is 2. The molecule has 0 radical (unpaired) electrons. The van der Waals surface area contributed by atoms with E-state index in [9.17, 15) is 4.79 Å². The van der Waals surface area contributed by atoms with Gasteiger partial charge in [0.25, 0.3) is 5.56 Å². The van der Waals surface area contributed by atoms with Gasteiger partial charge >= 0.3 is 0 Å². The Morgan fingerprint density at radius 3 is 2.76 bits per heavy atom. The number of ether oxygens (including phenoxy) is 1. The number of aromatic nitrogens is 4. The molecular weight excluding hydrogens is 268 g/mol. The molecule has 1 aromatic carbocycles. The lowest BCUT2D eigenvalue weighted by molar-refractivity contribution is 0.415. The lowest BCUT2D eigenvalue weighted by Gasteiger charge is -2.05. The first-order chi connectivity index (χ1) is 10.1. The number of methoxy groups -OCH3 is 1. The number of fused-ring (bicyclic) bond motifs is 1. The van der Waals surface area contributed by atoms with Crippen LogP contribution in [0.3, 0.4) is 0 Å². The van der Waals surface area contributed by atoms with Gasteiger partial charge in [-0.25, -0.2) is 4.98 Å². The molecule has 3 aromatic rings. The maximum absolute atomic E-state index is 12.2. The van der Waals surface area contributed by atoms with Crippen LogP contribution in [0.25, 0.3) is 22.4 Å². The van der Waals surface area contributed by atoms with Crippen LogP contribution in [-0.2, 0) is 0 Å². The molecule has 0 aliphatic rings. The summed E-state index contributed by atoms with van der Waals surface area (Å²) in [5.74, 6) is 1.43. The van der Waals surface area contributed by atoms with Gasteiger partial charge in [-0.05, 0) is 18.1 Å². The topological polar surface area (TPSA) is 83.7 Å². The Hall–Kier alpha value is -2.63. The third-order valence-corrected chi connectivity index (χ3v) is 3.36. The van der Waals surface area contributed by atoms with E-state index in [0.717, 1.165) is 11.3 Å². The predicted molar refractivity (Wildman–Crippen MR) is 80.6 cm³/mol. The fourth-order valence-electron chi connectivity index (χ4n) is 2.24. The first-order valence-corrected chi connectivity index (χ1v) is 6.73. The average Bonchev–Trinajstić information content (AvgIpc) is 2.92. The van der Waals surface area contributed by atoms with E-state index >= 15 is 0 Å². The normalized spacial score (nSPS) is 11.2. The molecule has 21 heavy (non-hydrogen) atoms. The predicted octanol–water partition coefficient (Wildman–Crippen LogP) is 2.45. The third-order valence-electron chi connectivity index (χ3n) is 3.36. The van der Waals surface area contributed by atoms with E-state index in [1.165, 1.54) is 0 Å². The van der Waals surface area contributed by atoms with Gasteiger partial charge in [0.05, 0.1) is 12.8 Å². The Labute approximate surface area is 121 Å². The zero-order chi connectivity index (χ0) is 15.0. The van der Waals surface area contributed by atoms with Crippen LogP contribution in [-0.4, -0.2) is 27.3 Å². The van der Waals surface area contributed by atoms with Gasteiger partial charge in [0.2, 0.25) is 0 Å². The molecule has 0 saturated heterocycles. The van der Waals surface area contributed by atoms with Crippen LogP contribution in [0.5, 0.6) is 5.75 Å². The first kappa shape index (κ1) is 13.4. The second-order valence-corrected chi connectivity index (χ2v) is 5.14. The molecular formula is C15H16N4O2. The van der Waals surface area contributed by atoms with Crippen molar-refractivity contribution in [1.82, 2.24) is 20.2 Å². The van der Waals surface area contributed by atoms with Crippen LogP contribution in [0, 0.1) is 0 Å². The molecule has 2 N–H and O–H groups in total. The van der Waals surface area contributed by atoms with E-state index in [0.29, 0.717) is 22.6 Å². The van der Waals surface area contributed by atoms with Crippen molar-refractivity contribution in [3.05, 3.63) is 40.3 Å². The minimum absolute atomic E-state index is 0.211. The number of hydrogen-bond donors (Lipinski definition) is 2. The second kappa shape index (κ2) is 5.05. The van der Waals surface area contributed by atoms with Gasteiger partial charge < -0.3 is 9.72 Å². The largest absolute Gasteiger partial charge is 0.497 e. The Morgan fingerprint density at radius 2 is 2.05 bits per heavy atom. The summed E-state index contributed by atoms with van der Waals surface area (Å²) < 4.78 is 5.20. The summed E-state index contributed by atoms with van der Waals surface area (Å²) in [5, 5.41) is 6.95. The van der Waals surface area contributed by atoms with E-state index in [1.54, 1.807) is 7.11 Å². The van der Waals surface area contributed by atoms with Crippen molar-refractivity contribution < 1.29 is 4.74 Å². The van der Waals surface area contributed by atoms with Gasteiger partial charge in [-0.2, -0.15) is 5.10 Å². The Balaban J connectivity index is 2.23. The fraction of sp³-hybridized carbons (Fsp3) is 0.267. The van der Waals surface area contributed by atoms with Crippen LogP contribution in [0.15, 0.2) is 29.1 Å². The monoisotopic (exact) mass is 284 g/mol. The molecule has 0 atom stereocenters. The van der Waals surface area contributed by atoms with Crippen LogP contribution in [0.4, 0.5) is 0 Å². The third kappa shape index (κ3) is 2.29. The van der Waals surface area contributed by atoms with Gasteiger partial charge in [-0.1, -0.05) is 26.0 Å². The van der Waals surface area contributed by atoms with Crippen LogP contribution in [0.1, 0.15) is 25.5 Å². The summed E-state index contributed by atoms with van der Waals surface area (Å²) in [6.45, 7) is 4.06. The summed E-state index contributed by atoms with van der Waals surface area (Å²) in [5.41, 5.74) is 2.36. The fourth-order valence-corrected chi connectivity index (χ4v) is 2.24. The zero-order valence-corrected chi connectivity index (χ0v) is 12.1. The highest BCUT2D eigenvalue weighted by atomic mass is 16.5. The standard InChI is InChI=1S/C15H16N4O2/c1-8(2)11-12-13(19-18-11)15(20)17-14(16-12)9-5-4-6-10(7-9)21-3/h4-8H,1-3H3,(H,18,19)(H,16,17,20). The molecule has 108 valence electrons. The van der Waals surface area contributed by atoms with Crippen molar-refractivity contribution >= 4 is 11.0 Å². The van der Waals surface area contributed by atoms with Crippen molar-refractivity contribution in [1.29, 1.82) is 0 Å². The number of hydrogen-bond acceptors (Lipinski definition) is 4. The number of rotatable bonds is 3. The van der Waals surface area contributed by atoms with E-state index in [2.05, 4.69) is 20.2 Å². The summed E-state index contributed by atoms with van der Waals surface area (Å²) in [7, 11) is 1.60. The van der Waals surface area contributed by atoms with Gasteiger partial charge in [0.1, 0.15) is 17.1 Å². The molecule has 6 heteroatoms. The smallest absolute Gasteiger partial charge is 0.279 e. The summed E-state index contributed by atoms with van der Waals surface area (Å²) in [4.78, 5) is 19.5. The van der Waals surface area contributed by atoms with Gasteiger partial charge in [0, 0.05) is 5.56 Å². The molecule has 0 aliphatic heterocycles. The molecule has 0 spiro atoms. The molecule has 0 unspecified atom stereocenters. The molecule has 0 aliphatic carbocycles. The average molecular weight is 284 g/mol. The molecule has 0 fully saturated rings. The lowest BCUT2D eigenvalue weighted by Crippen LogP contribution is -2.09. The summed E-state index contributed by atoms with van der Waals surface area (Å²) in [6.07, 6.45) is 0. The van der Waals surface area contributed by atoms with Gasteiger partial charge in [-0.15, -0.1) is 0 Å². The highest BCUT2D eigenvalue weighted by molar-refractivity contribution is 5.78. The zero-order valence-electron chi connectivity index (χ0n) is 12.1. The van der Waals surface area contributed by atoms with E-state index in [-0.39, 0.29) is 11.5 Å². The lowest BCUT2D eigenvalue weighted by atomic mass is 10.1. The van der Waals surface area contributed by atoms with Crippen LogP contribution in [0.2, 0.25) is 0 Å². The van der Waals surface area contributed by atoms with Gasteiger partial charge in [-0.3, -0.25) is 9.89 Å². The molecule has 2 heterocycles. The minimum atomic E-state index is -0.249. The number of nitrogens with zero attached hydrogens (tertiary/aromatic N) is 2. The van der Waals surface area contributed by atoms with Crippen molar-refractivity contribution in [2.24, 2.45) is 0 Å². The van der Waals surface area contributed by atoms with Crippen molar-refractivity contribution in [2.45, 2.75) is 19.8 Å². The van der Waals surface area contributed by atoms with E-state index < -0.39 is 0 Å². The first-order valence-electron chi connectivity index (χ1n) is 6.73. The molecule has 2 aromatic heterocycles. The number of benzene rings is 1. The van der Waals surface area contributed by atoms with E-state index in [4.69, 9.17) is 4.74 Å². The highest BCUT2D eigenvalue weighted by Gasteiger charge is 2.15. The van der Waals surface area contributed by atoms with Crippen molar-refractivity contribution in [3.63, 3.8) is 0 Å². The highest BCUT2D eigenvalue weighted by Crippen LogP contribution is 2.23. The second-order valence-electron chi connectivity index (χ2n) is 5.14. The quantitative estimate of drug-likeness (QED) is 0.773. The maximum Gasteiger partial charge on any atom is 0.279 e. The minimum Gasteiger partial charge on any atom is -0.497 e. The van der Waals surface area contributed by atoms with Crippen LogP contribution >= 0.6 is 0 Å². The molecule has 0 bridgehead atoms. The van der Waals surface area contributed by atoms with Gasteiger partial charge in [0.15, 0.2) is 5.52 Å². The van der Waals surface area contributed by atoms with Crippen molar-refractivity contribution in [2.75, 3.05) is 7.11 Å². The van der Waals surface area contributed by atoms with Crippen molar-refractivity contribution in [3.8, 4) is 17.1 Å². The summed E-state index contributed by atoms with van der Waals surface area (Å²) >= 11 is 0. The summed E-state index contributed by atoms with van der Waals surface area (Å²) in [6, 6.07) is 7.41. The van der Waals surface area contributed by atoms with Crippen LogP contribution < -0.4 is 10.3 Å². The number of aromatic amines is 2. The number of nitrogens with one attached hydrogen (secondary N) is 2. The van der Waals surface area contributed by atoms with E-state index in [1.807, 2.05) is 38.1 Å². The Bertz CT molecular complexity index is 848. The molecule has 0 saturated carbocycles.